The van der Waals surface area contributed by atoms with Gasteiger partial charge in [0.15, 0.2) is 0 Å². The summed E-state index contributed by atoms with van der Waals surface area (Å²) in [5.41, 5.74) is 0. The van der Waals surface area contributed by atoms with Crippen molar-refractivity contribution in [2.75, 3.05) is 67.1 Å². The summed E-state index contributed by atoms with van der Waals surface area (Å²) >= 11 is 0. The SMILES string of the molecule is CN(C)CCCNCCN(C)CC1CCCOC1. The third kappa shape index (κ3) is 8.03. The summed E-state index contributed by atoms with van der Waals surface area (Å²) in [5, 5.41) is 3.51. The number of hydrogen-bond donors (Lipinski definition) is 1. The van der Waals surface area contributed by atoms with Crippen molar-refractivity contribution >= 4 is 0 Å². The molecule has 0 aromatic heterocycles. The summed E-state index contributed by atoms with van der Waals surface area (Å²) < 4.78 is 5.52. The topological polar surface area (TPSA) is 27.7 Å². The van der Waals surface area contributed by atoms with Crippen LogP contribution in [0.15, 0.2) is 0 Å². The highest BCUT2D eigenvalue weighted by Crippen LogP contribution is 2.13. The highest BCUT2D eigenvalue weighted by atomic mass is 16.5. The molecular weight excluding hydrogens is 226 g/mol. The Morgan fingerprint density at radius 1 is 1.17 bits per heavy atom. The summed E-state index contributed by atoms with van der Waals surface area (Å²) in [7, 11) is 6.47. The Kier molecular flexibility index (Phi) is 8.59. The Morgan fingerprint density at radius 2 is 2.00 bits per heavy atom. The van der Waals surface area contributed by atoms with E-state index in [1.165, 1.54) is 32.4 Å². The maximum Gasteiger partial charge on any atom is 0.0506 e. The van der Waals surface area contributed by atoms with E-state index < -0.39 is 0 Å². The smallest absolute Gasteiger partial charge is 0.0506 e. The normalized spacial score (nSPS) is 20.8. The van der Waals surface area contributed by atoms with Crippen LogP contribution in [0, 0.1) is 5.92 Å². The molecule has 18 heavy (non-hydrogen) atoms. The molecule has 0 bridgehead atoms. The standard InChI is InChI=1S/C14H31N3O/c1-16(2)9-5-7-15-8-10-17(3)12-14-6-4-11-18-13-14/h14-15H,4-13H2,1-3H3. The Morgan fingerprint density at radius 3 is 2.67 bits per heavy atom. The van der Waals surface area contributed by atoms with Gasteiger partial charge in [-0.2, -0.15) is 0 Å². The van der Waals surface area contributed by atoms with Crippen molar-refractivity contribution in [2.45, 2.75) is 19.3 Å². The second-order valence-electron chi connectivity index (χ2n) is 5.75. The van der Waals surface area contributed by atoms with Crippen LogP contribution in [-0.2, 0) is 4.74 Å². The van der Waals surface area contributed by atoms with Crippen molar-refractivity contribution in [2.24, 2.45) is 5.92 Å². The van der Waals surface area contributed by atoms with Gasteiger partial charge in [-0.15, -0.1) is 0 Å². The molecule has 1 aliphatic rings. The molecule has 0 amide bonds. The van der Waals surface area contributed by atoms with Gasteiger partial charge in [0.2, 0.25) is 0 Å². The number of hydrogen-bond acceptors (Lipinski definition) is 4. The Bertz CT molecular complexity index is 193. The zero-order valence-electron chi connectivity index (χ0n) is 12.5. The number of nitrogens with one attached hydrogen (secondary N) is 1. The first-order valence-corrected chi connectivity index (χ1v) is 7.30. The van der Waals surface area contributed by atoms with Crippen LogP contribution in [0.4, 0.5) is 0 Å². The number of likely N-dealkylation sites (N-methyl/N-ethyl adjacent to an activating group) is 1. The summed E-state index contributed by atoms with van der Waals surface area (Å²) in [6.45, 7) is 7.63. The molecule has 0 aromatic carbocycles. The van der Waals surface area contributed by atoms with Crippen LogP contribution in [-0.4, -0.2) is 76.9 Å². The van der Waals surface area contributed by atoms with E-state index in [9.17, 15) is 0 Å². The third-order valence-electron chi connectivity index (χ3n) is 3.45. The lowest BCUT2D eigenvalue weighted by Crippen LogP contribution is -2.35. The largest absolute Gasteiger partial charge is 0.381 e. The molecule has 0 spiro atoms. The fourth-order valence-electron chi connectivity index (χ4n) is 2.40. The third-order valence-corrected chi connectivity index (χ3v) is 3.45. The summed E-state index contributed by atoms with van der Waals surface area (Å²) in [6, 6.07) is 0. The maximum absolute atomic E-state index is 5.52. The average molecular weight is 257 g/mol. The average Bonchev–Trinajstić information content (AvgIpc) is 2.34. The molecule has 0 saturated carbocycles. The summed E-state index contributed by atoms with van der Waals surface area (Å²) in [6.07, 6.45) is 3.80. The van der Waals surface area contributed by atoms with Crippen molar-refractivity contribution in [3.8, 4) is 0 Å². The van der Waals surface area contributed by atoms with E-state index >= 15 is 0 Å². The Hall–Kier alpha value is -0.160. The fourth-order valence-corrected chi connectivity index (χ4v) is 2.40. The minimum absolute atomic E-state index is 0.748. The first-order chi connectivity index (χ1) is 8.68. The lowest BCUT2D eigenvalue weighted by Gasteiger charge is -2.27. The zero-order chi connectivity index (χ0) is 13.2. The molecule has 4 nitrogen and oxygen atoms in total. The first-order valence-electron chi connectivity index (χ1n) is 7.30. The van der Waals surface area contributed by atoms with Crippen molar-refractivity contribution in [1.82, 2.24) is 15.1 Å². The van der Waals surface area contributed by atoms with Gasteiger partial charge in [0, 0.05) is 26.2 Å². The molecule has 0 aromatic rings. The van der Waals surface area contributed by atoms with Crippen LogP contribution in [0.3, 0.4) is 0 Å². The molecule has 4 heteroatoms. The van der Waals surface area contributed by atoms with Gasteiger partial charge in [-0.3, -0.25) is 0 Å². The van der Waals surface area contributed by atoms with Gasteiger partial charge in [0.05, 0.1) is 6.61 Å². The molecule has 1 rings (SSSR count). The molecule has 1 heterocycles. The predicted molar refractivity (Wildman–Crippen MR) is 77.1 cm³/mol. The van der Waals surface area contributed by atoms with Gasteiger partial charge < -0.3 is 19.9 Å². The molecule has 0 aliphatic carbocycles. The number of ether oxygens (including phenoxy) is 1. The molecule has 0 radical (unpaired) electrons. The monoisotopic (exact) mass is 257 g/mol. The molecule has 108 valence electrons. The number of nitrogens with zero attached hydrogens (tertiary/aromatic N) is 2. The highest BCUT2D eigenvalue weighted by molar-refractivity contribution is 4.67. The Balaban J connectivity index is 1.91. The van der Waals surface area contributed by atoms with Crippen molar-refractivity contribution in [3.63, 3.8) is 0 Å². The molecule has 1 atom stereocenters. The van der Waals surface area contributed by atoms with Crippen LogP contribution in [0.1, 0.15) is 19.3 Å². The minimum Gasteiger partial charge on any atom is -0.381 e. The van der Waals surface area contributed by atoms with E-state index in [0.717, 1.165) is 38.8 Å². The fraction of sp³-hybridized carbons (Fsp3) is 1.00. The van der Waals surface area contributed by atoms with Crippen molar-refractivity contribution < 1.29 is 4.74 Å². The lowest BCUT2D eigenvalue weighted by atomic mass is 10.0. The van der Waals surface area contributed by atoms with Crippen molar-refractivity contribution in [1.29, 1.82) is 0 Å². The van der Waals surface area contributed by atoms with E-state index in [1.807, 2.05) is 0 Å². The van der Waals surface area contributed by atoms with E-state index in [2.05, 4.69) is 36.3 Å². The van der Waals surface area contributed by atoms with E-state index in [0.29, 0.717) is 0 Å². The van der Waals surface area contributed by atoms with Crippen molar-refractivity contribution in [3.05, 3.63) is 0 Å². The van der Waals surface area contributed by atoms with Gasteiger partial charge in [0.25, 0.3) is 0 Å². The first kappa shape index (κ1) is 15.9. The molecule has 1 N–H and O–H groups in total. The molecule has 1 fully saturated rings. The van der Waals surface area contributed by atoms with Gasteiger partial charge in [0.1, 0.15) is 0 Å². The van der Waals surface area contributed by atoms with Crippen LogP contribution in [0.25, 0.3) is 0 Å². The van der Waals surface area contributed by atoms with Gasteiger partial charge in [-0.1, -0.05) is 0 Å². The zero-order valence-corrected chi connectivity index (χ0v) is 12.5. The molecule has 1 unspecified atom stereocenters. The summed E-state index contributed by atoms with van der Waals surface area (Å²) in [4.78, 5) is 4.66. The minimum atomic E-state index is 0.748. The van der Waals surface area contributed by atoms with Gasteiger partial charge in [-0.25, -0.2) is 0 Å². The van der Waals surface area contributed by atoms with E-state index in [4.69, 9.17) is 4.74 Å². The molecule has 1 saturated heterocycles. The van der Waals surface area contributed by atoms with Crippen LogP contribution >= 0.6 is 0 Å². The van der Waals surface area contributed by atoms with Crippen LogP contribution < -0.4 is 5.32 Å². The second kappa shape index (κ2) is 9.73. The molecule has 1 aliphatic heterocycles. The molecular formula is C14H31N3O. The maximum atomic E-state index is 5.52. The van der Waals surface area contributed by atoms with Crippen LogP contribution in [0.2, 0.25) is 0 Å². The highest BCUT2D eigenvalue weighted by Gasteiger charge is 2.15. The quantitative estimate of drug-likeness (QED) is 0.621. The second-order valence-corrected chi connectivity index (χ2v) is 5.75. The van der Waals surface area contributed by atoms with Gasteiger partial charge in [-0.05, 0) is 59.4 Å². The van der Waals surface area contributed by atoms with E-state index in [-0.39, 0.29) is 0 Å². The van der Waals surface area contributed by atoms with Gasteiger partial charge >= 0.3 is 0 Å². The van der Waals surface area contributed by atoms with Crippen LogP contribution in [0.5, 0.6) is 0 Å². The lowest BCUT2D eigenvalue weighted by molar-refractivity contribution is 0.0422. The predicted octanol–water partition coefficient (Wildman–Crippen LogP) is 0.886. The Labute approximate surface area is 113 Å². The summed E-state index contributed by atoms with van der Waals surface area (Å²) in [5.74, 6) is 0.748. The number of rotatable bonds is 9. The van der Waals surface area contributed by atoms with E-state index in [1.54, 1.807) is 0 Å².